The molecule has 0 bridgehead atoms. The first-order valence-corrected chi connectivity index (χ1v) is 8.16. The zero-order chi connectivity index (χ0) is 14.5. The zero-order valence-corrected chi connectivity index (χ0v) is 14.0. The molecule has 2 rings (SSSR count). The number of nitrogens with zero attached hydrogens (tertiary/aromatic N) is 2. The Balaban J connectivity index is 2.19. The topological polar surface area (TPSA) is 33.2 Å². The van der Waals surface area contributed by atoms with E-state index in [1.54, 1.807) is 0 Å². The van der Waals surface area contributed by atoms with Crippen LogP contribution in [0.15, 0.2) is 28.7 Å². The van der Waals surface area contributed by atoms with Gasteiger partial charge in [-0.05, 0) is 18.1 Å². The first kappa shape index (κ1) is 15.2. The van der Waals surface area contributed by atoms with Crippen LogP contribution in [0.2, 0.25) is 0 Å². The summed E-state index contributed by atoms with van der Waals surface area (Å²) in [6.45, 7) is 2.86. The number of carbonyl (C=O) groups is 1. The SMILES string of the molecule is CCCc1nc(N(C)Cc2ccccc2Br)sc1C=O. The van der Waals surface area contributed by atoms with E-state index in [1.165, 1.54) is 16.9 Å². The summed E-state index contributed by atoms with van der Waals surface area (Å²) in [6.07, 6.45) is 2.77. The second-order valence-electron chi connectivity index (χ2n) is 4.62. The Morgan fingerprint density at radius 2 is 2.15 bits per heavy atom. The van der Waals surface area contributed by atoms with Crippen LogP contribution in [-0.2, 0) is 13.0 Å². The molecular formula is C15H17BrN2OS. The van der Waals surface area contributed by atoms with Crippen LogP contribution in [0.3, 0.4) is 0 Å². The van der Waals surface area contributed by atoms with Gasteiger partial charge in [0.1, 0.15) is 0 Å². The Morgan fingerprint density at radius 1 is 1.40 bits per heavy atom. The molecule has 0 atom stereocenters. The van der Waals surface area contributed by atoms with Crippen molar-refractivity contribution in [2.75, 3.05) is 11.9 Å². The molecule has 0 spiro atoms. The molecule has 1 aromatic carbocycles. The maximum Gasteiger partial charge on any atom is 0.186 e. The number of aldehydes is 1. The van der Waals surface area contributed by atoms with E-state index in [-0.39, 0.29) is 0 Å². The highest BCUT2D eigenvalue weighted by atomic mass is 79.9. The monoisotopic (exact) mass is 352 g/mol. The molecule has 0 saturated heterocycles. The van der Waals surface area contributed by atoms with E-state index in [9.17, 15) is 4.79 Å². The van der Waals surface area contributed by atoms with Gasteiger partial charge < -0.3 is 4.90 Å². The van der Waals surface area contributed by atoms with Gasteiger partial charge in [0.2, 0.25) is 0 Å². The summed E-state index contributed by atoms with van der Waals surface area (Å²) in [5, 5.41) is 0.895. The third-order valence-electron chi connectivity index (χ3n) is 3.00. The van der Waals surface area contributed by atoms with Crippen molar-refractivity contribution < 1.29 is 4.79 Å². The minimum atomic E-state index is 0.751. The number of benzene rings is 1. The van der Waals surface area contributed by atoms with Crippen molar-refractivity contribution in [1.82, 2.24) is 4.98 Å². The molecule has 1 heterocycles. The quantitative estimate of drug-likeness (QED) is 0.726. The number of anilines is 1. The summed E-state index contributed by atoms with van der Waals surface area (Å²) < 4.78 is 1.09. The molecule has 0 amide bonds. The highest BCUT2D eigenvalue weighted by Crippen LogP contribution is 2.27. The van der Waals surface area contributed by atoms with Crippen LogP contribution in [0.4, 0.5) is 5.13 Å². The van der Waals surface area contributed by atoms with E-state index >= 15 is 0 Å². The molecule has 3 nitrogen and oxygen atoms in total. The maximum atomic E-state index is 11.1. The van der Waals surface area contributed by atoms with Gasteiger partial charge in [0.05, 0.1) is 10.6 Å². The fourth-order valence-corrected chi connectivity index (χ4v) is 3.27. The average Bonchev–Trinajstić information content (AvgIpc) is 2.85. The van der Waals surface area contributed by atoms with Gasteiger partial charge in [-0.2, -0.15) is 0 Å². The average molecular weight is 353 g/mol. The van der Waals surface area contributed by atoms with Crippen LogP contribution in [-0.4, -0.2) is 18.3 Å². The molecule has 0 N–H and O–H groups in total. The molecule has 2 aromatic rings. The Morgan fingerprint density at radius 3 is 2.80 bits per heavy atom. The normalized spacial score (nSPS) is 10.6. The summed E-state index contributed by atoms with van der Waals surface area (Å²) >= 11 is 5.02. The predicted octanol–water partition coefficient (Wildman–Crippen LogP) is 4.31. The van der Waals surface area contributed by atoms with Gasteiger partial charge in [0.25, 0.3) is 0 Å². The highest BCUT2D eigenvalue weighted by molar-refractivity contribution is 9.10. The van der Waals surface area contributed by atoms with Crippen LogP contribution >= 0.6 is 27.3 Å². The first-order valence-electron chi connectivity index (χ1n) is 6.55. The lowest BCUT2D eigenvalue weighted by Crippen LogP contribution is -2.16. The maximum absolute atomic E-state index is 11.1. The summed E-state index contributed by atoms with van der Waals surface area (Å²) in [5.41, 5.74) is 2.12. The van der Waals surface area contributed by atoms with Gasteiger partial charge in [-0.3, -0.25) is 4.79 Å². The molecule has 106 valence electrons. The second-order valence-corrected chi connectivity index (χ2v) is 6.49. The van der Waals surface area contributed by atoms with Crippen LogP contribution in [0.5, 0.6) is 0 Å². The first-order chi connectivity index (χ1) is 9.65. The highest BCUT2D eigenvalue weighted by Gasteiger charge is 2.14. The van der Waals surface area contributed by atoms with Crippen molar-refractivity contribution in [2.45, 2.75) is 26.3 Å². The number of aromatic nitrogens is 1. The van der Waals surface area contributed by atoms with Crippen LogP contribution in [0, 0.1) is 0 Å². The van der Waals surface area contributed by atoms with Gasteiger partial charge in [0.15, 0.2) is 11.4 Å². The summed E-state index contributed by atoms with van der Waals surface area (Å²) in [6, 6.07) is 8.14. The van der Waals surface area contributed by atoms with E-state index in [2.05, 4.69) is 38.8 Å². The van der Waals surface area contributed by atoms with Crippen LogP contribution in [0.1, 0.15) is 34.3 Å². The molecule has 0 unspecified atom stereocenters. The van der Waals surface area contributed by atoms with Crippen molar-refractivity contribution in [2.24, 2.45) is 0 Å². The van der Waals surface area contributed by atoms with Crippen LogP contribution < -0.4 is 4.90 Å². The number of hydrogen-bond acceptors (Lipinski definition) is 4. The number of hydrogen-bond donors (Lipinski definition) is 0. The molecule has 0 fully saturated rings. The number of aryl methyl sites for hydroxylation is 1. The fraction of sp³-hybridized carbons (Fsp3) is 0.333. The van der Waals surface area contributed by atoms with Gasteiger partial charge in [-0.25, -0.2) is 4.98 Å². The zero-order valence-electron chi connectivity index (χ0n) is 11.6. The van der Waals surface area contributed by atoms with E-state index in [0.717, 1.165) is 45.8 Å². The van der Waals surface area contributed by atoms with Gasteiger partial charge in [0, 0.05) is 18.1 Å². The summed E-state index contributed by atoms with van der Waals surface area (Å²) in [7, 11) is 2.00. The van der Waals surface area contributed by atoms with E-state index in [4.69, 9.17) is 0 Å². The molecule has 0 saturated carbocycles. The molecule has 0 radical (unpaired) electrons. The van der Waals surface area contributed by atoms with Gasteiger partial charge in [-0.1, -0.05) is 58.8 Å². The summed E-state index contributed by atoms with van der Waals surface area (Å²) in [5.74, 6) is 0. The predicted molar refractivity (Wildman–Crippen MR) is 87.7 cm³/mol. The Hall–Kier alpha value is -1.20. The Kier molecular flexibility index (Phi) is 5.31. The number of thiazole rings is 1. The smallest absolute Gasteiger partial charge is 0.186 e. The largest absolute Gasteiger partial charge is 0.347 e. The number of rotatable bonds is 6. The van der Waals surface area contributed by atoms with Gasteiger partial charge in [-0.15, -0.1) is 0 Å². The van der Waals surface area contributed by atoms with Crippen molar-refractivity contribution in [3.63, 3.8) is 0 Å². The standard InChI is InChI=1S/C15H17BrN2OS/c1-3-6-13-14(10-19)20-15(17-13)18(2)9-11-7-4-5-8-12(11)16/h4-5,7-8,10H,3,6,9H2,1-2H3. The molecular weight excluding hydrogens is 336 g/mol. The molecule has 0 aliphatic heterocycles. The molecule has 1 aromatic heterocycles. The van der Waals surface area contributed by atoms with Crippen molar-refractivity contribution >= 4 is 38.7 Å². The van der Waals surface area contributed by atoms with E-state index in [1.807, 2.05) is 25.2 Å². The fourth-order valence-electron chi connectivity index (χ4n) is 1.97. The minimum absolute atomic E-state index is 0.751. The van der Waals surface area contributed by atoms with E-state index in [0.29, 0.717) is 0 Å². The number of carbonyl (C=O) groups excluding carboxylic acids is 1. The molecule has 5 heteroatoms. The minimum Gasteiger partial charge on any atom is -0.347 e. The molecule has 0 aliphatic rings. The van der Waals surface area contributed by atoms with Crippen molar-refractivity contribution in [3.05, 3.63) is 44.9 Å². The lowest BCUT2D eigenvalue weighted by atomic mass is 10.2. The van der Waals surface area contributed by atoms with E-state index < -0.39 is 0 Å². The second kappa shape index (κ2) is 6.99. The van der Waals surface area contributed by atoms with Gasteiger partial charge >= 0.3 is 0 Å². The van der Waals surface area contributed by atoms with Crippen LogP contribution in [0.25, 0.3) is 0 Å². The molecule has 0 aliphatic carbocycles. The molecule has 20 heavy (non-hydrogen) atoms. The lowest BCUT2D eigenvalue weighted by molar-refractivity contribution is 0.112. The van der Waals surface area contributed by atoms with Crippen molar-refractivity contribution in [1.29, 1.82) is 0 Å². The third-order valence-corrected chi connectivity index (χ3v) is 4.91. The Labute approximate surface area is 131 Å². The summed E-state index contributed by atoms with van der Waals surface area (Å²) in [4.78, 5) is 18.5. The Bertz CT molecular complexity index is 597. The number of halogens is 1. The third kappa shape index (κ3) is 3.46. The van der Waals surface area contributed by atoms with Crippen molar-refractivity contribution in [3.8, 4) is 0 Å². The lowest BCUT2D eigenvalue weighted by Gasteiger charge is -2.16.